The fourth-order valence-corrected chi connectivity index (χ4v) is 6.19. The Bertz CT molecular complexity index is 2050. The molecule has 1 aliphatic rings. The van der Waals surface area contributed by atoms with Crippen LogP contribution in [-0.2, 0) is 26.0 Å². The Morgan fingerprint density at radius 3 is 2.39 bits per heavy atom. The topological polar surface area (TPSA) is 136 Å². The number of urea groups is 1. The zero-order valence-electron chi connectivity index (χ0n) is 25.3. The van der Waals surface area contributed by atoms with Gasteiger partial charge < -0.3 is 10.1 Å². The van der Waals surface area contributed by atoms with Crippen molar-refractivity contribution >= 4 is 50.1 Å². The Labute approximate surface area is 278 Å². The van der Waals surface area contributed by atoms with Gasteiger partial charge in [-0.1, -0.05) is 23.9 Å². The number of benzene rings is 3. The number of amides is 3. The number of nitrogens with one attached hydrogen (secondary N) is 1. The van der Waals surface area contributed by atoms with Gasteiger partial charge in [-0.3, -0.25) is 9.69 Å². The van der Waals surface area contributed by atoms with E-state index in [1.807, 2.05) is 0 Å². The Morgan fingerprint density at radius 1 is 1.02 bits per heavy atom. The van der Waals surface area contributed by atoms with Gasteiger partial charge >= 0.3 is 17.7 Å². The zero-order valence-corrected chi connectivity index (χ0v) is 27.0. The lowest BCUT2D eigenvalue weighted by Gasteiger charge is -2.21. The van der Waals surface area contributed by atoms with Gasteiger partial charge in [0.1, 0.15) is 12.9 Å². The largest absolute Gasteiger partial charge is 0.501 e. The van der Waals surface area contributed by atoms with Crippen molar-refractivity contribution in [2.24, 2.45) is 4.99 Å². The number of aryl methyl sites for hydroxylation is 2. The number of nitrogens with zero attached hydrogens (tertiary/aromatic N) is 5. The second kappa shape index (κ2) is 13.6. The van der Waals surface area contributed by atoms with E-state index in [0.29, 0.717) is 27.9 Å². The van der Waals surface area contributed by atoms with Gasteiger partial charge in [-0.05, 0) is 73.5 Å². The first-order valence-electron chi connectivity index (χ1n) is 14.0. The zero-order chi connectivity index (χ0) is 35.7. The molecule has 1 fully saturated rings. The molecule has 1 aliphatic heterocycles. The van der Waals surface area contributed by atoms with Crippen LogP contribution in [0.2, 0.25) is 0 Å². The second-order valence-corrected chi connectivity index (χ2v) is 13.5. The molecule has 11 nitrogen and oxygen atoms in total. The third kappa shape index (κ3) is 8.11. The lowest BCUT2D eigenvalue weighted by molar-refractivity contribution is -0.176. The van der Waals surface area contributed by atoms with Gasteiger partial charge in [-0.2, -0.15) is 31.3 Å². The minimum absolute atomic E-state index is 0.0261. The highest BCUT2D eigenvalue weighted by Gasteiger charge is 2.46. The molecule has 0 aliphatic carbocycles. The molecule has 0 atom stereocenters. The number of amidine groups is 1. The number of hydrogen-bond donors (Lipinski definition) is 1. The highest BCUT2D eigenvalue weighted by atomic mass is 32.2. The summed E-state index contributed by atoms with van der Waals surface area (Å²) in [6, 6.07) is 12.7. The van der Waals surface area contributed by atoms with Crippen molar-refractivity contribution in [1.82, 2.24) is 14.8 Å². The van der Waals surface area contributed by atoms with E-state index >= 15 is 0 Å². The van der Waals surface area contributed by atoms with Crippen molar-refractivity contribution in [1.29, 1.82) is 0 Å². The molecule has 2 heterocycles. The Kier molecular flexibility index (Phi) is 9.89. The van der Waals surface area contributed by atoms with Gasteiger partial charge in [0.2, 0.25) is 5.91 Å². The Morgan fingerprint density at radius 2 is 1.73 bits per heavy atom. The number of aromatic nitrogens is 3. The average Bonchev–Trinajstić information content (AvgIpc) is 3.65. The van der Waals surface area contributed by atoms with Crippen molar-refractivity contribution in [2.75, 3.05) is 22.6 Å². The van der Waals surface area contributed by atoms with E-state index in [9.17, 15) is 44.3 Å². The smallest absolute Gasteiger partial charge is 0.367 e. The Balaban J connectivity index is 1.30. The molecule has 258 valence electrons. The van der Waals surface area contributed by atoms with E-state index in [1.54, 1.807) is 50.2 Å². The lowest BCUT2D eigenvalue weighted by Crippen LogP contribution is -2.31. The molecule has 0 spiro atoms. The van der Waals surface area contributed by atoms with E-state index in [-0.39, 0.29) is 28.1 Å². The molecule has 0 unspecified atom stereocenters. The van der Waals surface area contributed by atoms with Crippen LogP contribution in [0, 0.1) is 13.8 Å². The summed E-state index contributed by atoms with van der Waals surface area (Å²) in [7, 11) is -5.50. The van der Waals surface area contributed by atoms with E-state index in [4.69, 9.17) is 4.74 Å². The van der Waals surface area contributed by atoms with Crippen LogP contribution in [-0.4, -0.2) is 64.3 Å². The quantitative estimate of drug-likeness (QED) is 0.201. The average molecular weight is 727 g/mol. The van der Waals surface area contributed by atoms with Gasteiger partial charge in [-0.15, -0.1) is 5.10 Å². The summed E-state index contributed by atoms with van der Waals surface area (Å²) in [6.07, 6.45) is -3.24. The number of rotatable bonds is 8. The van der Waals surface area contributed by atoms with Crippen LogP contribution in [0.15, 0.2) is 76.9 Å². The maximum atomic E-state index is 13.0. The number of ether oxygens (including phenoxy) is 1. The molecular weight excluding hydrogens is 702 g/mol. The minimum Gasteiger partial charge on any atom is -0.367 e. The van der Waals surface area contributed by atoms with Crippen LogP contribution < -0.4 is 10.2 Å². The third-order valence-electron chi connectivity index (χ3n) is 6.90. The fourth-order valence-electron chi connectivity index (χ4n) is 4.57. The molecule has 3 aromatic carbocycles. The lowest BCUT2D eigenvalue weighted by atomic mass is 10.1. The highest BCUT2D eigenvalue weighted by Crippen LogP contribution is 2.33. The molecule has 4 aromatic rings. The number of halogens is 6. The van der Waals surface area contributed by atoms with Crippen molar-refractivity contribution in [3.63, 3.8) is 0 Å². The number of alkyl halides is 6. The van der Waals surface area contributed by atoms with Crippen LogP contribution in [0.5, 0.6) is 0 Å². The van der Waals surface area contributed by atoms with E-state index in [2.05, 4.69) is 20.4 Å². The number of thioether (sulfide) groups is 1. The predicted molar refractivity (Wildman–Crippen MR) is 168 cm³/mol. The minimum atomic E-state index is -5.50. The summed E-state index contributed by atoms with van der Waals surface area (Å²) in [5.74, 6) is -0.251. The van der Waals surface area contributed by atoms with Crippen molar-refractivity contribution in [3.8, 4) is 17.1 Å². The number of hydrogen-bond acceptors (Lipinski definition) is 8. The van der Waals surface area contributed by atoms with Crippen LogP contribution in [0.4, 0.5) is 42.5 Å². The second-order valence-electron chi connectivity index (χ2n) is 10.6. The molecule has 0 radical (unpaired) electrons. The summed E-state index contributed by atoms with van der Waals surface area (Å²) < 4.78 is 106. The number of carbonyl (C=O) groups excluding carboxylic acids is 2. The summed E-state index contributed by atoms with van der Waals surface area (Å²) in [5, 5.41) is 6.96. The molecule has 49 heavy (non-hydrogen) atoms. The molecular formula is C30H24F6N6O5S2. The predicted octanol–water partition coefficient (Wildman–Crippen LogP) is 6.59. The first-order chi connectivity index (χ1) is 22.9. The third-order valence-corrected chi connectivity index (χ3v) is 9.33. The molecule has 1 N–H and O–H groups in total. The van der Waals surface area contributed by atoms with Crippen molar-refractivity contribution in [2.45, 2.75) is 37.0 Å². The van der Waals surface area contributed by atoms with Crippen LogP contribution >= 0.6 is 11.8 Å². The monoisotopic (exact) mass is 726 g/mol. The maximum absolute atomic E-state index is 13.0. The summed E-state index contributed by atoms with van der Waals surface area (Å²) in [5.41, 5.74) is -2.48. The summed E-state index contributed by atoms with van der Waals surface area (Å²) in [4.78, 5) is 34.3. The summed E-state index contributed by atoms with van der Waals surface area (Å²) in [6.45, 7) is 1.52. The molecule has 19 heteroatoms. The molecule has 1 aromatic heterocycles. The van der Waals surface area contributed by atoms with E-state index in [0.717, 1.165) is 36.0 Å². The van der Waals surface area contributed by atoms with Gasteiger partial charge in [-0.25, -0.2) is 22.9 Å². The number of aliphatic imine (C=N–C) groups is 1. The molecule has 0 saturated carbocycles. The number of carbonyl (C=O) groups is 2. The van der Waals surface area contributed by atoms with Gasteiger partial charge in [0, 0.05) is 16.8 Å². The standard InChI is InChI=1S/C30H24F6N6O5S2/c1-17-3-4-20(13-47-15-29(31,32)33)24(11-17)42-25(43)14-48-28(42)39-27(44)38-23-10-5-19(12-18(23)2)26-37-16-41(40-26)21-6-8-22(9-7-21)49(45,46)30(34,35)36/h3-12,16H,13-15H2,1-2H3,(H,38,44). The van der Waals surface area contributed by atoms with Crippen LogP contribution in [0.3, 0.4) is 0 Å². The van der Waals surface area contributed by atoms with Crippen molar-refractivity contribution < 1.29 is 49.1 Å². The van der Waals surface area contributed by atoms with Crippen LogP contribution in [0.1, 0.15) is 16.7 Å². The maximum Gasteiger partial charge on any atom is 0.501 e. The first kappa shape index (κ1) is 35.6. The fraction of sp³-hybridized carbons (Fsp3) is 0.233. The molecule has 0 bridgehead atoms. The number of sulfone groups is 1. The summed E-state index contributed by atoms with van der Waals surface area (Å²) >= 11 is 0.988. The van der Waals surface area contributed by atoms with Crippen LogP contribution in [0.25, 0.3) is 17.1 Å². The first-order valence-corrected chi connectivity index (χ1v) is 16.4. The molecule has 1 saturated heterocycles. The SMILES string of the molecule is Cc1ccc(COCC(F)(F)F)c(N2C(=O)CSC2=NC(=O)Nc2ccc(-c3ncn(-c4ccc(S(=O)(=O)C(F)(F)F)cc4)n3)cc2C)c1. The normalized spacial score (nSPS) is 14.9. The number of anilines is 2. The van der Waals surface area contributed by atoms with Gasteiger partial charge in [0.05, 0.1) is 28.6 Å². The van der Waals surface area contributed by atoms with E-state index < -0.39 is 51.6 Å². The Hall–Kier alpha value is -4.75. The van der Waals surface area contributed by atoms with Gasteiger partial charge in [0.15, 0.2) is 11.0 Å². The van der Waals surface area contributed by atoms with Crippen molar-refractivity contribution in [3.05, 3.63) is 83.7 Å². The molecule has 3 amide bonds. The van der Waals surface area contributed by atoms with E-state index in [1.165, 1.54) is 15.9 Å². The van der Waals surface area contributed by atoms with Gasteiger partial charge in [0.25, 0.3) is 9.84 Å². The molecule has 5 rings (SSSR count). The highest BCUT2D eigenvalue weighted by molar-refractivity contribution is 8.15.